The van der Waals surface area contributed by atoms with Crippen molar-refractivity contribution >= 4 is 11.3 Å². The summed E-state index contributed by atoms with van der Waals surface area (Å²) in [5.74, 6) is 0.906. The lowest BCUT2D eigenvalue weighted by molar-refractivity contribution is 0.305. The van der Waals surface area contributed by atoms with E-state index in [2.05, 4.69) is 37.1 Å². The van der Waals surface area contributed by atoms with Crippen LogP contribution in [0.1, 0.15) is 34.5 Å². The molecular weight excluding hydrogens is 268 g/mol. The maximum atomic E-state index is 5.79. The summed E-state index contributed by atoms with van der Waals surface area (Å²) >= 11 is 1.73. The minimum Gasteiger partial charge on any atom is -0.486 e. The number of aromatic nitrogens is 1. The van der Waals surface area contributed by atoms with E-state index in [4.69, 9.17) is 4.74 Å². The van der Waals surface area contributed by atoms with Crippen LogP contribution in [0.25, 0.3) is 0 Å². The summed E-state index contributed by atoms with van der Waals surface area (Å²) in [4.78, 5) is 5.89. The van der Waals surface area contributed by atoms with Gasteiger partial charge in [0.2, 0.25) is 0 Å². The molecule has 0 amide bonds. The standard InChI is InChI=1S/C16H22N2OS/c1-4-8-17-10-15-13(3)18-16(20-15)11-19-14-7-5-6-12(2)9-14/h5-7,9,17H,4,8,10-11H2,1-3H3. The Balaban J connectivity index is 1.91. The fraction of sp³-hybridized carbons (Fsp3) is 0.438. The Labute approximate surface area is 125 Å². The van der Waals surface area contributed by atoms with Crippen LogP contribution in [-0.4, -0.2) is 11.5 Å². The molecule has 0 radical (unpaired) electrons. The van der Waals surface area contributed by atoms with Gasteiger partial charge >= 0.3 is 0 Å². The van der Waals surface area contributed by atoms with E-state index in [-0.39, 0.29) is 0 Å². The number of benzene rings is 1. The smallest absolute Gasteiger partial charge is 0.140 e. The summed E-state index contributed by atoms with van der Waals surface area (Å²) in [5, 5.41) is 4.46. The van der Waals surface area contributed by atoms with Crippen molar-refractivity contribution in [2.24, 2.45) is 0 Å². The molecule has 1 aromatic heterocycles. The third kappa shape index (κ3) is 4.32. The number of thiazole rings is 1. The molecule has 1 N–H and O–H groups in total. The van der Waals surface area contributed by atoms with E-state index < -0.39 is 0 Å². The predicted octanol–water partition coefficient (Wildman–Crippen LogP) is 3.84. The average Bonchev–Trinajstić information content (AvgIpc) is 2.78. The molecule has 0 atom stereocenters. The summed E-state index contributed by atoms with van der Waals surface area (Å²) in [6, 6.07) is 8.11. The van der Waals surface area contributed by atoms with Gasteiger partial charge < -0.3 is 10.1 Å². The lowest BCUT2D eigenvalue weighted by Gasteiger charge is -2.04. The highest BCUT2D eigenvalue weighted by Gasteiger charge is 2.07. The Bertz CT molecular complexity index is 551. The van der Waals surface area contributed by atoms with Crippen molar-refractivity contribution in [1.29, 1.82) is 0 Å². The lowest BCUT2D eigenvalue weighted by Crippen LogP contribution is -2.13. The van der Waals surface area contributed by atoms with Crippen LogP contribution in [0.2, 0.25) is 0 Å². The van der Waals surface area contributed by atoms with Crippen LogP contribution >= 0.6 is 11.3 Å². The molecule has 0 bridgehead atoms. The molecule has 108 valence electrons. The zero-order valence-corrected chi connectivity index (χ0v) is 13.2. The molecule has 0 unspecified atom stereocenters. The first-order chi connectivity index (χ1) is 9.69. The molecule has 0 saturated carbocycles. The molecule has 1 aromatic carbocycles. The molecule has 0 aliphatic carbocycles. The van der Waals surface area contributed by atoms with Gasteiger partial charge in [0.25, 0.3) is 0 Å². The molecule has 1 heterocycles. The van der Waals surface area contributed by atoms with Crippen molar-refractivity contribution < 1.29 is 4.74 Å². The predicted molar refractivity (Wildman–Crippen MR) is 84.4 cm³/mol. The van der Waals surface area contributed by atoms with Gasteiger partial charge in [-0.05, 0) is 44.5 Å². The van der Waals surface area contributed by atoms with Gasteiger partial charge in [-0.2, -0.15) is 0 Å². The number of nitrogens with zero attached hydrogens (tertiary/aromatic N) is 1. The summed E-state index contributed by atoms with van der Waals surface area (Å²) in [6.45, 7) is 8.80. The highest BCUT2D eigenvalue weighted by atomic mass is 32.1. The molecular formula is C16H22N2OS. The zero-order valence-electron chi connectivity index (χ0n) is 12.4. The van der Waals surface area contributed by atoms with Crippen molar-refractivity contribution in [3.8, 4) is 5.75 Å². The van der Waals surface area contributed by atoms with Crippen LogP contribution in [0.3, 0.4) is 0 Å². The number of hydrogen-bond acceptors (Lipinski definition) is 4. The molecule has 0 saturated heterocycles. The first kappa shape index (κ1) is 15.0. The molecule has 2 aromatic rings. The summed E-state index contributed by atoms with van der Waals surface area (Å²) in [6.07, 6.45) is 1.15. The number of ether oxygens (including phenoxy) is 1. The number of rotatable bonds is 7. The molecule has 4 heteroatoms. The van der Waals surface area contributed by atoms with Crippen molar-refractivity contribution in [3.63, 3.8) is 0 Å². The number of nitrogens with one attached hydrogen (secondary N) is 1. The van der Waals surface area contributed by atoms with Gasteiger partial charge in [-0.3, -0.25) is 0 Å². The Morgan fingerprint density at radius 2 is 2.15 bits per heavy atom. The van der Waals surface area contributed by atoms with E-state index in [1.165, 1.54) is 10.4 Å². The second-order valence-corrected chi connectivity index (χ2v) is 6.07. The topological polar surface area (TPSA) is 34.1 Å². The van der Waals surface area contributed by atoms with Gasteiger partial charge in [-0.1, -0.05) is 19.1 Å². The van der Waals surface area contributed by atoms with Crippen molar-refractivity contribution in [1.82, 2.24) is 10.3 Å². The Morgan fingerprint density at radius 3 is 2.90 bits per heavy atom. The average molecular weight is 290 g/mol. The van der Waals surface area contributed by atoms with E-state index in [0.717, 1.165) is 36.0 Å². The molecule has 0 fully saturated rings. The molecule has 0 aliphatic rings. The largest absolute Gasteiger partial charge is 0.486 e. The van der Waals surface area contributed by atoms with Crippen molar-refractivity contribution in [3.05, 3.63) is 45.4 Å². The fourth-order valence-electron chi connectivity index (χ4n) is 1.94. The van der Waals surface area contributed by atoms with Gasteiger partial charge in [-0.25, -0.2) is 4.98 Å². The van der Waals surface area contributed by atoms with Crippen LogP contribution in [-0.2, 0) is 13.2 Å². The normalized spacial score (nSPS) is 10.8. The van der Waals surface area contributed by atoms with Crippen LogP contribution in [0.15, 0.2) is 24.3 Å². The van der Waals surface area contributed by atoms with Gasteiger partial charge in [0.15, 0.2) is 0 Å². The summed E-state index contributed by atoms with van der Waals surface area (Å²) < 4.78 is 5.79. The first-order valence-corrected chi connectivity index (χ1v) is 7.86. The van der Waals surface area contributed by atoms with E-state index in [1.54, 1.807) is 11.3 Å². The van der Waals surface area contributed by atoms with Crippen LogP contribution in [0.5, 0.6) is 5.75 Å². The summed E-state index contributed by atoms with van der Waals surface area (Å²) in [5.41, 5.74) is 2.32. The minimum absolute atomic E-state index is 0.544. The molecule has 20 heavy (non-hydrogen) atoms. The van der Waals surface area contributed by atoms with E-state index in [9.17, 15) is 0 Å². The maximum Gasteiger partial charge on any atom is 0.140 e. The Morgan fingerprint density at radius 1 is 1.30 bits per heavy atom. The van der Waals surface area contributed by atoms with Crippen LogP contribution in [0, 0.1) is 13.8 Å². The van der Waals surface area contributed by atoms with Gasteiger partial charge in [0.05, 0.1) is 5.69 Å². The second kappa shape index (κ2) is 7.41. The molecule has 0 spiro atoms. The second-order valence-electron chi connectivity index (χ2n) is 4.90. The van der Waals surface area contributed by atoms with E-state index >= 15 is 0 Å². The highest BCUT2D eigenvalue weighted by Crippen LogP contribution is 2.20. The third-order valence-corrected chi connectivity index (χ3v) is 4.13. The van der Waals surface area contributed by atoms with Crippen molar-refractivity contribution in [2.75, 3.05) is 6.54 Å². The highest BCUT2D eigenvalue weighted by molar-refractivity contribution is 7.11. The molecule has 2 rings (SSSR count). The van der Waals surface area contributed by atoms with Crippen LogP contribution < -0.4 is 10.1 Å². The van der Waals surface area contributed by atoms with Crippen molar-refractivity contribution in [2.45, 2.75) is 40.3 Å². The Kier molecular flexibility index (Phi) is 5.56. The van der Waals surface area contributed by atoms with Gasteiger partial charge in [0.1, 0.15) is 17.4 Å². The van der Waals surface area contributed by atoms with E-state index in [1.807, 2.05) is 18.2 Å². The number of aryl methyl sites for hydroxylation is 2. The lowest BCUT2D eigenvalue weighted by atomic mass is 10.2. The Hall–Kier alpha value is -1.39. The third-order valence-electron chi connectivity index (χ3n) is 3.00. The van der Waals surface area contributed by atoms with Gasteiger partial charge in [-0.15, -0.1) is 11.3 Å². The SMILES string of the molecule is CCCNCc1sc(COc2cccc(C)c2)nc1C. The quantitative estimate of drug-likeness (QED) is 0.787. The minimum atomic E-state index is 0.544. The zero-order chi connectivity index (χ0) is 14.4. The summed E-state index contributed by atoms with van der Waals surface area (Å²) in [7, 11) is 0. The number of hydrogen-bond donors (Lipinski definition) is 1. The fourth-order valence-corrected chi connectivity index (χ4v) is 2.90. The monoisotopic (exact) mass is 290 g/mol. The van der Waals surface area contributed by atoms with Gasteiger partial charge in [0, 0.05) is 11.4 Å². The maximum absolute atomic E-state index is 5.79. The molecule has 3 nitrogen and oxygen atoms in total. The molecule has 0 aliphatic heterocycles. The van der Waals surface area contributed by atoms with E-state index in [0.29, 0.717) is 6.61 Å². The first-order valence-electron chi connectivity index (χ1n) is 7.04. The van der Waals surface area contributed by atoms with Crippen LogP contribution in [0.4, 0.5) is 0 Å².